The average Bonchev–Trinajstić information content (AvgIpc) is 2.62. The van der Waals surface area contributed by atoms with Crippen LogP contribution in [0.1, 0.15) is 28.8 Å². The largest absolute Gasteiger partial charge is 0.494 e. The highest BCUT2D eigenvalue weighted by atomic mass is 79.9. The standard InChI is InChI=1S/C20H16BrNO3/c21-16-6-7-19-18(12-16)20(23)15(13-25-19)10-14-4-3-5-17(11-14)24-9-2-1-8-22/h3-7,10-12H,1-2,9,13H2/b15-10-. The number of nitrogens with zero attached hydrogens (tertiary/aromatic N) is 1. The molecule has 0 aliphatic carbocycles. The van der Waals surface area contributed by atoms with Crippen LogP contribution >= 0.6 is 15.9 Å². The molecule has 3 rings (SSSR count). The number of unbranched alkanes of at least 4 members (excludes halogenated alkanes) is 1. The molecule has 1 aliphatic heterocycles. The van der Waals surface area contributed by atoms with Crippen LogP contribution < -0.4 is 9.47 Å². The third-order valence-corrected chi connectivity index (χ3v) is 4.25. The Hall–Kier alpha value is -2.58. The number of nitriles is 1. The zero-order valence-electron chi connectivity index (χ0n) is 13.5. The van der Waals surface area contributed by atoms with Gasteiger partial charge >= 0.3 is 0 Å². The summed E-state index contributed by atoms with van der Waals surface area (Å²) in [6, 6.07) is 15.1. The number of carbonyl (C=O) groups excluding carboxylic acids is 1. The molecule has 0 spiro atoms. The SMILES string of the molecule is N#CCCCOc1cccc(/C=C2/COc3ccc(Br)cc3C2=O)c1. The third-order valence-electron chi connectivity index (χ3n) is 3.76. The number of benzene rings is 2. The minimum absolute atomic E-state index is 0.0251. The monoisotopic (exact) mass is 397 g/mol. The number of ketones is 1. The van der Waals surface area contributed by atoms with Gasteiger partial charge in [0.15, 0.2) is 5.78 Å². The predicted molar refractivity (Wildman–Crippen MR) is 98.7 cm³/mol. The van der Waals surface area contributed by atoms with Crippen LogP contribution in [0.5, 0.6) is 11.5 Å². The van der Waals surface area contributed by atoms with E-state index in [1.807, 2.05) is 36.4 Å². The van der Waals surface area contributed by atoms with Gasteiger partial charge in [-0.05, 0) is 48.4 Å². The number of rotatable bonds is 5. The molecule has 0 N–H and O–H groups in total. The Morgan fingerprint density at radius 1 is 1.28 bits per heavy atom. The van der Waals surface area contributed by atoms with Crippen molar-refractivity contribution in [3.8, 4) is 17.6 Å². The number of ether oxygens (including phenoxy) is 2. The highest BCUT2D eigenvalue weighted by Gasteiger charge is 2.23. The maximum absolute atomic E-state index is 12.7. The first kappa shape index (κ1) is 17.2. The normalized spacial score (nSPS) is 14.6. The van der Waals surface area contributed by atoms with Gasteiger partial charge in [0, 0.05) is 16.5 Å². The molecule has 25 heavy (non-hydrogen) atoms. The van der Waals surface area contributed by atoms with E-state index in [4.69, 9.17) is 14.7 Å². The first-order valence-corrected chi connectivity index (χ1v) is 8.74. The fraction of sp³-hybridized carbons (Fsp3) is 0.200. The second kappa shape index (κ2) is 8.00. The lowest BCUT2D eigenvalue weighted by atomic mass is 9.98. The number of hydrogen-bond donors (Lipinski definition) is 0. The molecule has 126 valence electrons. The van der Waals surface area contributed by atoms with Crippen LogP contribution in [0.2, 0.25) is 0 Å². The van der Waals surface area contributed by atoms with Gasteiger partial charge in [-0.25, -0.2) is 0 Å². The second-order valence-electron chi connectivity index (χ2n) is 5.61. The molecule has 0 aromatic heterocycles. The van der Waals surface area contributed by atoms with Gasteiger partial charge in [0.05, 0.1) is 18.2 Å². The topological polar surface area (TPSA) is 59.3 Å². The maximum Gasteiger partial charge on any atom is 0.196 e. The quantitative estimate of drug-likeness (QED) is 0.537. The van der Waals surface area contributed by atoms with Crippen molar-refractivity contribution in [2.75, 3.05) is 13.2 Å². The summed E-state index contributed by atoms with van der Waals surface area (Å²) < 4.78 is 12.2. The molecule has 0 unspecified atom stereocenters. The molecule has 5 heteroatoms. The van der Waals surface area contributed by atoms with Gasteiger partial charge in [0.2, 0.25) is 0 Å². The van der Waals surface area contributed by atoms with Crippen molar-refractivity contribution in [3.05, 3.63) is 63.6 Å². The summed E-state index contributed by atoms with van der Waals surface area (Å²) in [5, 5.41) is 8.54. The lowest BCUT2D eigenvalue weighted by Crippen LogP contribution is -2.19. The molecule has 4 nitrogen and oxygen atoms in total. The summed E-state index contributed by atoms with van der Waals surface area (Å²) in [6.45, 7) is 0.748. The Morgan fingerprint density at radius 3 is 3.00 bits per heavy atom. The Labute approximate surface area is 154 Å². The molecule has 0 radical (unpaired) electrons. The van der Waals surface area contributed by atoms with Crippen LogP contribution in [0, 0.1) is 11.3 Å². The zero-order valence-corrected chi connectivity index (χ0v) is 15.1. The predicted octanol–water partition coefficient (Wildman–Crippen LogP) is 4.79. The Morgan fingerprint density at radius 2 is 2.16 bits per heavy atom. The molecular formula is C20H16BrNO3. The minimum atomic E-state index is -0.0251. The molecule has 2 aromatic rings. The Kier molecular flexibility index (Phi) is 5.52. The molecule has 1 aliphatic rings. The van der Waals surface area contributed by atoms with E-state index in [0.717, 1.165) is 15.8 Å². The number of fused-ring (bicyclic) bond motifs is 1. The lowest BCUT2D eigenvalue weighted by molar-refractivity contribution is 0.100. The summed E-state index contributed by atoms with van der Waals surface area (Å²) in [5.74, 6) is 1.31. The van der Waals surface area contributed by atoms with E-state index >= 15 is 0 Å². The Bertz CT molecular complexity index is 867. The number of Topliss-reactive ketones (excluding diaryl/α,β-unsaturated/α-hetero) is 1. The zero-order chi connectivity index (χ0) is 17.6. The fourth-order valence-electron chi connectivity index (χ4n) is 2.54. The highest BCUT2D eigenvalue weighted by Crippen LogP contribution is 2.30. The summed E-state index contributed by atoms with van der Waals surface area (Å²) in [7, 11) is 0. The molecule has 0 fully saturated rings. The van der Waals surface area contributed by atoms with Crippen LogP contribution in [0.3, 0.4) is 0 Å². The molecule has 0 atom stereocenters. The van der Waals surface area contributed by atoms with E-state index in [-0.39, 0.29) is 12.4 Å². The first-order valence-electron chi connectivity index (χ1n) is 7.95. The van der Waals surface area contributed by atoms with E-state index in [2.05, 4.69) is 22.0 Å². The first-order chi connectivity index (χ1) is 12.2. The van der Waals surface area contributed by atoms with Crippen molar-refractivity contribution >= 4 is 27.8 Å². The second-order valence-corrected chi connectivity index (χ2v) is 6.53. The van der Waals surface area contributed by atoms with Crippen LogP contribution in [-0.2, 0) is 0 Å². The molecule has 0 amide bonds. The molecule has 0 bridgehead atoms. The fourth-order valence-corrected chi connectivity index (χ4v) is 2.90. The van der Waals surface area contributed by atoms with Gasteiger partial charge in [-0.2, -0.15) is 5.26 Å². The number of hydrogen-bond acceptors (Lipinski definition) is 4. The van der Waals surface area contributed by atoms with Gasteiger partial charge < -0.3 is 9.47 Å². The van der Waals surface area contributed by atoms with Crippen molar-refractivity contribution in [2.45, 2.75) is 12.8 Å². The van der Waals surface area contributed by atoms with Crippen LogP contribution in [0.4, 0.5) is 0 Å². The van der Waals surface area contributed by atoms with Gasteiger partial charge in [0.25, 0.3) is 0 Å². The lowest BCUT2D eigenvalue weighted by Gasteiger charge is -2.19. The van der Waals surface area contributed by atoms with Crippen molar-refractivity contribution in [1.29, 1.82) is 5.26 Å². The molecular weight excluding hydrogens is 382 g/mol. The summed E-state index contributed by atoms with van der Waals surface area (Å²) in [5.41, 5.74) is 2.05. The minimum Gasteiger partial charge on any atom is -0.494 e. The summed E-state index contributed by atoms with van der Waals surface area (Å²) in [6.07, 6.45) is 3.00. The summed E-state index contributed by atoms with van der Waals surface area (Å²) >= 11 is 3.39. The van der Waals surface area contributed by atoms with E-state index in [1.54, 1.807) is 12.1 Å². The third kappa shape index (κ3) is 4.28. The number of halogens is 1. The summed E-state index contributed by atoms with van der Waals surface area (Å²) in [4.78, 5) is 12.7. The highest BCUT2D eigenvalue weighted by molar-refractivity contribution is 9.10. The van der Waals surface area contributed by atoms with E-state index in [0.29, 0.717) is 36.3 Å². The molecule has 0 saturated carbocycles. The van der Waals surface area contributed by atoms with Crippen LogP contribution in [0.15, 0.2) is 52.5 Å². The molecule has 2 aromatic carbocycles. The van der Waals surface area contributed by atoms with E-state index in [1.165, 1.54) is 0 Å². The van der Waals surface area contributed by atoms with E-state index < -0.39 is 0 Å². The van der Waals surface area contributed by atoms with Crippen molar-refractivity contribution in [2.24, 2.45) is 0 Å². The van der Waals surface area contributed by atoms with Crippen LogP contribution in [-0.4, -0.2) is 19.0 Å². The maximum atomic E-state index is 12.7. The molecule has 1 heterocycles. The van der Waals surface area contributed by atoms with Gasteiger partial charge in [0.1, 0.15) is 18.1 Å². The smallest absolute Gasteiger partial charge is 0.196 e. The van der Waals surface area contributed by atoms with Crippen molar-refractivity contribution in [3.63, 3.8) is 0 Å². The van der Waals surface area contributed by atoms with Gasteiger partial charge in [-0.3, -0.25) is 4.79 Å². The van der Waals surface area contributed by atoms with Gasteiger partial charge in [-0.15, -0.1) is 0 Å². The van der Waals surface area contributed by atoms with E-state index in [9.17, 15) is 4.79 Å². The average molecular weight is 398 g/mol. The van der Waals surface area contributed by atoms with Crippen molar-refractivity contribution < 1.29 is 14.3 Å². The Balaban J connectivity index is 1.77. The van der Waals surface area contributed by atoms with Crippen LogP contribution in [0.25, 0.3) is 6.08 Å². The number of carbonyl (C=O) groups is 1. The van der Waals surface area contributed by atoms with Gasteiger partial charge in [-0.1, -0.05) is 28.1 Å². The van der Waals surface area contributed by atoms with Crippen molar-refractivity contribution in [1.82, 2.24) is 0 Å². The molecule has 0 saturated heterocycles.